The molecule has 1 aliphatic rings. The topological polar surface area (TPSA) is 65.0 Å². The van der Waals surface area contributed by atoms with Gasteiger partial charge in [-0.3, -0.25) is 0 Å². The molecule has 0 spiro atoms. The standard InChI is InChI=1S/C22H20O5/c1-2-15-25-18-9-7-17(8-10-18)22(24)27-20-13-11-19(12-14-20)26-21(23)16-5-3-4-6-16/h3-14,23H,2,15H2,1H3. The van der Waals surface area contributed by atoms with E-state index in [2.05, 4.69) is 0 Å². The van der Waals surface area contributed by atoms with E-state index in [4.69, 9.17) is 14.2 Å². The summed E-state index contributed by atoms with van der Waals surface area (Å²) >= 11 is 0. The summed E-state index contributed by atoms with van der Waals surface area (Å²) in [5, 5.41) is 9.90. The summed E-state index contributed by atoms with van der Waals surface area (Å²) in [5.74, 6) is 0.889. The molecule has 0 fully saturated rings. The zero-order valence-corrected chi connectivity index (χ0v) is 14.9. The van der Waals surface area contributed by atoms with Crippen molar-refractivity contribution in [3.05, 3.63) is 89.9 Å². The van der Waals surface area contributed by atoms with Crippen molar-refractivity contribution in [2.45, 2.75) is 13.3 Å². The first kappa shape index (κ1) is 18.3. The van der Waals surface area contributed by atoms with E-state index in [-0.39, 0.29) is 5.95 Å². The van der Waals surface area contributed by atoms with Crippen LogP contribution >= 0.6 is 0 Å². The van der Waals surface area contributed by atoms with Crippen LogP contribution in [-0.4, -0.2) is 17.7 Å². The highest BCUT2D eigenvalue weighted by atomic mass is 16.6. The van der Waals surface area contributed by atoms with Crippen molar-refractivity contribution in [2.75, 3.05) is 6.61 Å². The molecule has 5 heteroatoms. The lowest BCUT2D eigenvalue weighted by Crippen LogP contribution is -2.08. The Balaban J connectivity index is 1.59. The third-order valence-corrected chi connectivity index (χ3v) is 3.72. The third kappa shape index (κ3) is 5.01. The van der Waals surface area contributed by atoms with Gasteiger partial charge in [0.1, 0.15) is 17.2 Å². The van der Waals surface area contributed by atoms with Crippen LogP contribution in [0.15, 0.2) is 84.4 Å². The Hall–Kier alpha value is -3.47. The largest absolute Gasteiger partial charge is 0.494 e. The normalized spacial score (nSPS) is 12.1. The van der Waals surface area contributed by atoms with Crippen LogP contribution < -0.4 is 14.2 Å². The van der Waals surface area contributed by atoms with E-state index >= 15 is 0 Å². The molecule has 0 saturated heterocycles. The van der Waals surface area contributed by atoms with E-state index in [1.807, 2.05) is 6.92 Å². The lowest BCUT2D eigenvalue weighted by molar-refractivity contribution is 0.0734. The van der Waals surface area contributed by atoms with Gasteiger partial charge in [-0.1, -0.05) is 19.1 Å². The number of esters is 1. The minimum Gasteiger partial charge on any atom is -0.494 e. The second-order valence-corrected chi connectivity index (χ2v) is 5.81. The molecule has 5 nitrogen and oxygen atoms in total. The minimum absolute atomic E-state index is 0.185. The van der Waals surface area contributed by atoms with Crippen LogP contribution in [0.5, 0.6) is 17.2 Å². The summed E-state index contributed by atoms with van der Waals surface area (Å²) in [4.78, 5) is 12.2. The maximum Gasteiger partial charge on any atom is 0.343 e. The molecular weight excluding hydrogens is 344 g/mol. The second-order valence-electron chi connectivity index (χ2n) is 5.81. The van der Waals surface area contributed by atoms with Crippen LogP contribution in [0.25, 0.3) is 0 Å². The molecule has 0 bridgehead atoms. The first-order valence-electron chi connectivity index (χ1n) is 8.66. The number of rotatable bonds is 7. The average molecular weight is 364 g/mol. The van der Waals surface area contributed by atoms with E-state index in [1.54, 1.807) is 72.8 Å². The Morgan fingerprint density at radius 2 is 1.41 bits per heavy atom. The number of aliphatic hydroxyl groups excluding tert-OH is 1. The monoisotopic (exact) mass is 364 g/mol. The van der Waals surface area contributed by atoms with Crippen molar-refractivity contribution < 1.29 is 24.1 Å². The van der Waals surface area contributed by atoms with Gasteiger partial charge in [-0.15, -0.1) is 0 Å². The average Bonchev–Trinajstić information content (AvgIpc) is 3.23. The Kier molecular flexibility index (Phi) is 5.94. The second kappa shape index (κ2) is 8.76. The molecule has 1 aliphatic carbocycles. The third-order valence-electron chi connectivity index (χ3n) is 3.72. The SMILES string of the molecule is CCCOc1ccc(C(=O)Oc2ccc(OC(O)=C3C=CC=C3)cc2)cc1. The number of hydrogen-bond donors (Lipinski definition) is 1. The molecule has 2 aromatic carbocycles. The van der Waals surface area contributed by atoms with E-state index in [9.17, 15) is 9.90 Å². The number of carbonyl (C=O) groups excluding carboxylic acids is 1. The van der Waals surface area contributed by atoms with Crippen LogP contribution in [0, 0.1) is 0 Å². The van der Waals surface area contributed by atoms with Gasteiger partial charge >= 0.3 is 5.97 Å². The highest BCUT2D eigenvalue weighted by Crippen LogP contribution is 2.22. The first-order chi connectivity index (χ1) is 13.2. The van der Waals surface area contributed by atoms with Crippen molar-refractivity contribution in [1.82, 2.24) is 0 Å². The molecule has 0 aliphatic heterocycles. The van der Waals surface area contributed by atoms with Gasteiger partial charge in [-0.05, 0) is 67.1 Å². The van der Waals surface area contributed by atoms with Gasteiger partial charge < -0.3 is 19.3 Å². The Bertz CT molecular complexity index is 860. The van der Waals surface area contributed by atoms with Gasteiger partial charge in [0.05, 0.1) is 17.7 Å². The summed E-state index contributed by atoms with van der Waals surface area (Å²) < 4.78 is 16.2. The summed E-state index contributed by atoms with van der Waals surface area (Å²) in [5.41, 5.74) is 1.03. The number of aliphatic hydroxyl groups is 1. The van der Waals surface area contributed by atoms with Crippen LogP contribution in [0.4, 0.5) is 0 Å². The number of carbonyl (C=O) groups is 1. The number of benzene rings is 2. The zero-order valence-electron chi connectivity index (χ0n) is 14.9. The first-order valence-corrected chi connectivity index (χ1v) is 8.66. The zero-order chi connectivity index (χ0) is 19.1. The van der Waals surface area contributed by atoms with E-state index in [0.717, 1.165) is 12.2 Å². The maximum absolute atomic E-state index is 12.2. The van der Waals surface area contributed by atoms with Gasteiger partial charge in [0.25, 0.3) is 5.95 Å². The van der Waals surface area contributed by atoms with Crippen LogP contribution in [-0.2, 0) is 0 Å². The number of ether oxygens (including phenoxy) is 3. The fourth-order valence-corrected chi connectivity index (χ4v) is 2.34. The molecule has 138 valence electrons. The predicted molar refractivity (Wildman–Crippen MR) is 102 cm³/mol. The molecule has 0 heterocycles. The molecule has 0 saturated carbocycles. The number of allylic oxidation sites excluding steroid dienone is 5. The van der Waals surface area contributed by atoms with Gasteiger partial charge in [-0.25, -0.2) is 4.79 Å². The molecule has 0 atom stereocenters. The van der Waals surface area contributed by atoms with Crippen LogP contribution in [0.2, 0.25) is 0 Å². The minimum atomic E-state index is -0.461. The maximum atomic E-state index is 12.2. The molecule has 27 heavy (non-hydrogen) atoms. The van der Waals surface area contributed by atoms with E-state index in [0.29, 0.717) is 29.2 Å². The Labute approximate surface area is 157 Å². The summed E-state index contributed by atoms with van der Waals surface area (Å²) in [7, 11) is 0. The van der Waals surface area contributed by atoms with E-state index < -0.39 is 5.97 Å². The van der Waals surface area contributed by atoms with Crippen molar-refractivity contribution in [2.24, 2.45) is 0 Å². The Morgan fingerprint density at radius 1 is 0.852 bits per heavy atom. The predicted octanol–water partition coefficient (Wildman–Crippen LogP) is 4.97. The summed E-state index contributed by atoms with van der Waals surface area (Å²) in [6, 6.07) is 13.2. The summed E-state index contributed by atoms with van der Waals surface area (Å²) in [6.07, 6.45) is 8.01. The van der Waals surface area contributed by atoms with Crippen LogP contribution in [0.1, 0.15) is 23.7 Å². The van der Waals surface area contributed by atoms with Gasteiger partial charge in [0.15, 0.2) is 0 Å². The molecule has 3 rings (SSSR count). The van der Waals surface area contributed by atoms with Gasteiger partial charge in [-0.2, -0.15) is 0 Å². The molecule has 2 aromatic rings. The van der Waals surface area contributed by atoms with Gasteiger partial charge in [0, 0.05) is 0 Å². The van der Waals surface area contributed by atoms with E-state index in [1.165, 1.54) is 0 Å². The van der Waals surface area contributed by atoms with Gasteiger partial charge in [0.2, 0.25) is 0 Å². The molecule has 0 aromatic heterocycles. The fraction of sp³-hybridized carbons (Fsp3) is 0.136. The fourth-order valence-electron chi connectivity index (χ4n) is 2.34. The van der Waals surface area contributed by atoms with Crippen molar-refractivity contribution in [3.8, 4) is 17.2 Å². The smallest absolute Gasteiger partial charge is 0.343 e. The molecule has 1 N–H and O–H groups in total. The summed E-state index contributed by atoms with van der Waals surface area (Å²) in [6.45, 7) is 2.67. The molecule has 0 amide bonds. The highest BCUT2D eigenvalue weighted by molar-refractivity contribution is 5.91. The lowest BCUT2D eigenvalue weighted by atomic mass is 10.2. The highest BCUT2D eigenvalue weighted by Gasteiger charge is 2.10. The molecule has 0 radical (unpaired) electrons. The van der Waals surface area contributed by atoms with Crippen molar-refractivity contribution >= 4 is 5.97 Å². The van der Waals surface area contributed by atoms with Crippen molar-refractivity contribution in [1.29, 1.82) is 0 Å². The van der Waals surface area contributed by atoms with Crippen LogP contribution in [0.3, 0.4) is 0 Å². The Morgan fingerprint density at radius 3 is 2.00 bits per heavy atom. The van der Waals surface area contributed by atoms with Crippen molar-refractivity contribution in [3.63, 3.8) is 0 Å². The lowest BCUT2D eigenvalue weighted by Gasteiger charge is -2.08. The number of hydrogen-bond acceptors (Lipinski definition) is 5. The quantitative estimate of drug-likeness (QED) is 0.427. The molecule has 0 unspecified atom stereocenters. The molecular formula is C22H20O5.